The fraction of sp³-hybridized carbons (Fsp3) is 0.667. The highest BCUT2D eigenvalue weighted by Gasteiger charge is 2.05. The van der Waals surface area contributed by atoms with E-state index < -0.39 is 0 Å². The summed E-state index contributed by atoms with van der Waals surface area (Å²) in [5, 5.41) is 9.36. The van der Waals surface area contributed by atoms with Gasteiger partial charge in [-0.3, -0.25) is 0 Å². The molecular formula is C12H21NO. The van der Waals surface area contributed by atoms with Crippen molar-refractivity contribution < 1.29 is 5.11 Å². The molecule has 0 spiro atoms. The van der Waals surface area contributed by atoms with Crippen LogP contribution in [0.25, 0.3) is 0 Å². The number of rotatable bonds is 5. The first-order valence-electron chi connectivity index (χ1n) is 5.47. The zero-order valence-corrected chi connectivity index (χ0v) is 9.40. The predicted octanol–water partition coefficient (Wildman–Crippen LogP) is 2.98. The number of nitrogens with zero attached hydrogens (tertiary/aromatic N) is 1. The van der Waals surface area contributed by atoms with E-state index in [-0.39, 0.29) is 6.10 Å². The van der Waals surface area contributed by atoms with Gasteiger partial charge in [0, 0.05) is 18.9 Å². The second-order valence-electron chi connectivity index (χ2n) is 4.21. The summed E-state index contributed by atoms with van der Waals surface area (Å²) in [6.45, 7) is 7.34. The third-order valence-corrected chi connectivity index (χ3v) is 2.56. The average Bonchev–Trinajstić information content (AvgIpc) is 2.53. The van der Waals surface area contributed by atoms with Crippen LogP contribution in [0.15, 0.2) is 18.5 Å². The zero-order chi connectivity index (χ0) is 10.6. The molecule has 1 rings (SSSR count). The van der Waals surface area contributed by atoms with Crippen molar-refractivity contribution in [3.05, 3.63) is 24.0 Å². The second-order valence-corrected chi connectivity index (χ2v) is 4.21. The van der Waals surface area contributed by atoms with Crippen LogP contribution >= 0.6 is 0 Å². The topological polar surface area (TPSA) is 25.2 Å². The molecule has 0 saturated carbocycles. The number of hydrogen-bond acceptors (Lipinski definition) is 1. The van der Waals surface area contributed by atoms with E-state index >= 15 is 0 Å². The summed E-state index contributed by atoms with van der Waals surface area (Å²) < 4.78 is 2.17. The zero-order valence-electron chi connectivity index (χ0n) is 9.40. The molecule has 2 atom stereocenters. The van der Waals surface area contributed by atoms with E-state index in [1.54, 1.807) is 6.92 Å². The summed E-state index contributed by atoms with van der Waals surface area (Å²) in [6.07, 6.45) is 6.25. The van der Waals surface area contributed by atoms with Crippen LogP contribution in [0.4, 0.5) is 0 Å². The first-order valence-corrected chi connectivity index (χ1v) is 5.47. The van der Waals surface area contributed by atoms with Crippen molar-refractivity contribution in [1.29, 1.82) is 0 Å². The molecule has 0 amide bonds. The van der Waals surface area contributed by atoms with Gasteiger partial charge in [0.15, 0.2) is 0 Å². The van der Waals surface area contributed by atoms with Gasteiger partial charge >= 0.3 is 0 Å². The van der Waals surface area contributed by atoms with Crippen molar-refractivity contribution in [1.82, 2.24) is 4.57 Å². The van der Waals surface area contributed by atoms with Crippen molar-refractivity contribution in [2.75, 3.05) is 0 Å². The maximum atomic E-state index is 9.36. The molecule has 1 heterocycles. The van der Waals surface area contributed by atoms with Gasteiger partial charge in [-0.25, -0.2) is 0 Å². The Morgan fingerprint density at radius 3 is 2.64 bits per heavy atom. The van der Waals surface area contributed by atoms with Gasteiger partial charge in [0.2, 0.25) is 0 Å². The van der Waals surface area contributed by atoms with Crippen molar-refractivity contribution in [3.63, 3.8) is 0 Å². The van der Waals surface area contributed by atoms with Crippen LogP contribution in [0.2, 0.25) is 0 Å². The molecule has 0 aliphatic heterocycles. The maximum Gasteiger partial charge on any atom is 0.0776 e. The molecule has 80 valence electrons. The Morgan fingerprint density at radius 2 is 2.14 bits per heavy atom. The molecule has 1 aromatic heterocycles. The normalized spacial score (nSPS) is 15.4. The Bertz CT molecular complexity index is 265. The van der Waals surface area contributed by atoms with Gasteiger partial charge in [0.05, 0.1) is 6.10 Å². The maximum absolute atomic E-state index is 9.36. The van der Waals surface area contributed by atoms with Crippen LogP contribution < -0.4 is 0 Å². The SMILES string of the molecule is CCCC(C)Cn1ccc(C(C)O)c1. The summed E-state index contributed by atoms with van der Waals surface area (Å²) in [5.41, 5.74) is 1.01. The Kier molecular flexibility index (Phi) is 4.21. The predicted molar refractivity (Wildman–Crippen MR) is 59.1 cm³/mol. The molecule has 1 aromatic rings. The summed E-state index contributed by atoms with van der Waals surface area (Å²) in [5.74, 6) is 0.717. The van der Waals surface area contributed by atoms with Crippen molar-refractivity contribution >= 4 is 0 Å². The number of aliphatic hydroxyl groups excluding tert-OH is 1. The molecule has 1 N–H and O–H groups in total. The van der Waals surface area contributed by atoms with E-state index in [4.69, 9.17) is 0 Å². The lowest BCUT2D eigenvalue weighted by atomic mass is 10.1. The van der Waals surface area contributed by atoms with E-state index in [0.717, 1.165) is 12.1 Å². The lowest BCUT2D eigenvalue weighted by molar-refractivity contribution is 0.199. The molecule has 0 bridgehead atoms. The highest BCUT2D eigenvalue weighted by atomic mass is 16.3. The third kappa shape index (κ3) is 3.18. The third-order valence-electron chi connectivity index (χ3n) is 2.56. The first-order chi connectivity index (χ1) is 6.63. The van der Waals surface area contributed by atoms with Crippen LogP contribution in [0.3, 0.4) is 0 Å². The molecule has 2 nitrogen and oxygen atoms in total. The number of aromatic nitrogens is 1. The van der Waals surface area contributed by atoms with Crippen molar-refractivity contribution in [3.8, 4) is 0 Å². The summed E-state index contributed by atoms with van der Waals surface area (Å²) in [7, 11) is 0. The minimum atomic E-state index is -0.349. The van der Waals surface area contributed by atoms with E-state index in [2.05, 4.69) is 18.4 Å². The van der Waals surface area contributed by atoms with Crippen LogP contribution in [0.5, 0.6) is 0 Å². The van der Waals surface area contributed by atoms with Crippen LogP contribution in [0, 0.1) is 5.92 Å². The minimum absolute atomic E-state index is 0.349. The Morgan fingerprint density at radius 1 is 1.43 bits per heavy atom. The Balaban J connectivity index is 2.51. The lowest BCUT2D eigenvalue weighted by Gasteiger charge is -2.10. The summed E-state index contributed by atoms with van der Waals surface area (Å²) in [6, 6.07) is 1.99. The monoisotopic (exact) mass is 195 g/mol. The highest BCUT2D eigenvalue weighted by Crippen LogP contribution is 2.14. The molecule has 0 aromatic carbocycles. The molecule has 2 unspecified atom stereocenters. The molecule has 0 saturated heterocycles. The van der Waals surface area contributed by atoms with Gasteiger partial charge in [-0.15, -0.1) is 0 Å². The van der Waals surface area contributed by atoms with Gasteiger partial charge in [0.1, 0.15) is 0 Å². The molecule has 0 radical (unpaired) electrons. The summed E-state index contributed by atoms with van der Waals surface area (Å²) in [4.78, 5) is 0. The Hall–Kier alpha value is -0.760. The molecular weight excluding hydrogens is 174 g/mol. The highest BCUT2D eigenvalue weighted by molar-refractivity contribution is 5.12. The molecule has 14 heavy (non-hydrogen) atoms. The van der Waals surface area contributed by atoms with E-state index in [0.29, 0.717) is 5.92 Å². The fourth-order valence-corrected chi connectivity index (χ4v) is 1.76. The molecule has 0 fully saturated rings. The van der Waals surface area contributed by atoms with E-state index in [1.165, 1.54) is 12.8 Å². The van der Waals surface area contributed by atoms with Gasteiger partial charge < -0.3 is 9.67 Å². The smallest absolute Gasteiger partial charge is 0.0776 e. The van der Waals surface area contributed by atoms with Gasteiger partial charge in [-0.05, 0) is 30.9 Å². The van der Waals surface area contributed by atoms with Gasteiger partial charge in [0.25, 0.3) is 0 Å². The molecule has 0 aliphatic rings. The van der Waals surface area contributed by atoms with Crippen LogP contribution in [0.1, 0.15) is 45.3 Å². The fourth-order valence-electron chi connectivity index (χ4n) is 1.76. The lowest BCUT2D eigenvalue weighted by Crippen LogP contribution is -2.05. The molecule has 2 heteroatoms. The second kappa shape index (κ2) is 5.20. The van der Waals surface area contributed by atoms with Crippen LogP contribution in [-0.2, 0) is 6.54 Å². The summed E-state index contributed by atoms with van der Waals surface area (Å²) >= 11 is 0. The van der Waals surface area contributed by atoms with Crippen LogP contribution in [-0.4, -0.2) is 9.67 Å². The number of hydrogen-bond donors (Lipinski definition) is 1. The largest absolute Gasteiger partial charge is 0.389 e. The van der Waals surface area contributed by atoms with E-state index in [1.807, 2.05) is 18.5 Å². The van der Waals surface area contributed by atoms with Gasteiger partial charge in [-0.1, -0.05) is 20.3 Å². The Labute approximate surface area is 86.6 Å². The quantitative estimate of drug-likeness (QED) is 0.767. The van der Waals surface area contributed by atoms with E-state index in [9.17, 15) is 5.11 Å². The standard InChI is InChI=1S/C12H21NO/c1-4-5-10(2)8-13-7-6-12(9-13)11(3)14/h6-7,9-11,14H,4-5,8H2,1-3H3. The van der Waals surface area contributed by atoms with Crippen molar-refractivity contribution in [2.45, 2.75) is 46.3 Å². The molecule has 0 aliphatic carbocycles. The van der Waals surface area contributed by atoms with Gasteiger partial charge in [-0.2, -0.15) is 0 Å². The minimum Gasteiger partial charge on any atom is -0.389 e. The number of aliphatic hydroxyl groups is 1. The first kappa shape index (κ1) is 11.3. The van der Waals surface area contributed by atoms with Crippen molar-refractivity contribution in [2.24, 2.45) is 5.92 Å². The average molecular weight is 195 g/mol.